The number of hydrogen-bond acceptors (Lipinski definition) is 4. The van der Waals surface area contributed by atoms with E-state index < -0.39 is 0 Å². The molecule has 98 valence electrons. The van der Waals surface area contributed by atoms with Crippen molar-refractivity contribution in [1.82, 2.24) is 14.9 Å². The number of anilines is 1. The van der Waals surface area contributed by atoms with Gasteiger partial charge in [0.1, 0.15) is 12.1 Å². The van der Waals surface area contributed by atoms with E-state index in [9.17, 15) is 4.79 Å². The van der Waals surface area contributed by atoms with Gasteiger partial charge in [-0.25, -0.2) is 9.97 Å². The van der Waals surface area contributed by atoms with E-state index in [0.717, 1.165) is 44.1 Å². The second-order valence-electron chi connectivity index (χ2n) is 4.59. The van der Waals surface area contributed by atoms with Gasteiger partial charge in [-0.1, -0.05) is 6.92 Å². The van der Waals surface area contributed by atoms with Gasteiger partial charge in [-0.15, -0.1) is 0 Å². The summed E-state index contributed by atoms with van der Waals surface area (Å²) >= 11 is 0. The fourth-order valence-corrected chi connectivity index (χ4v) is 2.23. The molecule has 0 N–H and O–H groups in total. The van der Waals surface area contributed by atoms with Crippen LogP contribution in [0.25, 0.3) is 0 Å². The quantitative estimate of drug-likeness (QED) is 0.790. The first-order valence-corrected chi connectivity index (χ1v) is 6.52. The van der Waals surface area contributed by atoms with Crippen LogP contribution < -0.4 is 4.90 Å². The van der Waals surface area contributed by atoms with Crippen LogP contribution in [0.15, 0.2) is 12.4 Å². The summed E-state index contributed by atoms with van der Waals surface area (Å²) in [7, 11) is 0. The largest absolute Gasteiger partial charge is 0.355 e. The van der Waals surface area contributed by atoms with E-state index >= 15 is 0 Å². The van der Waals surface area contributed by atoms with Crippen molar-refractivity contribution >= 4 is 11.7 Å². The van der Waals surface area contributed by atoms with Gasteiger partial charge < -0.3 is 9.80 Å². The summed E-state index contributed by atoms with van der Waals surface area (Å²) in [5, 5.41) is 0. The Hall–Kier alpha value is -1.65. The van der Waals surface area contributed by atoms with Crippen LogP contribution in [0.2, 0.25) is 0 Å². The van der Waals surface area contributed by atoms with E-state index in [1.807, 2.05) is 24.8 Å². The average Bonchev–Trinajstić information content (AvgIpc) is 2.63. The molecule has 0 atom stereocenters. The molecule has 0 aliphatic carbocycles. The van der Waals surface area contributed by atoms with Gasteiger partial charge >= 0.3 is 0 Å². The Morgan fingerprint density at radius 1 is 1.28 bits per heavy atom. The van der Waals surface area contributed by atoms with Crippen molar-refractivity contribution in [2.45, 2.75) is 26.7 Å². The minimum Gasteiger partial charge on any atom is -0.355 e. The van der Waals surface area contributed by atoms with Gasteiger partial charge in [0.25, 0.3) is 0 Å². The van der Waals surface area contributed by atoms with Gasteiger partial charge in [-0.3, -0.25) is 4.79 Å². The smallest absolute Gasteiger partial charge is 0.222 e. The number of nitrogens with zero attached hydrogens (tertiary/aromatic N) is 4. The van der Waals surface area contributed by atoms with Crippen molar-refractivity contribution in [3.8, 4) is 0 Å². The molecule has 0 saturated carbocycles. The lowest BCUT2D eigenvalue weighted by Crippen LogP contribution is -2.34. The van der Waals surface area contributed by atoms with Crippen LogP contribution in [0.3, 0.4) is 0 Å². The first kappa shape index (κ1) is 12.8. The molecule has 0 radical (unpaired) electrons. The Labute approximate surface area is 108 Å². The molecule has 1 aromatic rings. The Balaban J connectivity index is 2.03. The molecular weight excluding hydrogens is 228 g/mol. The number of carbonyl (C=O) groups excluding carboxylic acids is 1. The van der Waals surface area contributed by atoms with E-state index in [2.05, 4.69) is 14.9 Å². The van der Waals surface area contributed by atoms with Crippen LogP contribution in [0, 0.1) is 6.92 Å². The van der Waals surface area contributed by atoms with Gasteiger partial charge in [0.2, 0.25) is 5.91 Å². The minimum absolute atomic E-state index is 0.246. The fraction of sp³-hybridized carbons (Fsp3) is 0.615. The number of hydrogen-bond donors (Lipinski definition) is 0. The Bertz CT molecular complexity index is 421. The Kier molecular flexibility index (Phi) is 4.12. The second kappa shape index (κ2) is 5.80. The van der Waals surface area contributed by atoms with Gasteiger partial charge in [0, 0.05) is 44.4 Å². The normalized spacial score (nSPS) is 16.6. The number of rotatable bonds is 2. The van der Waals surface area contributed by atoms with E-state index in [1.165, 1.54) is 0 Å². The predicted molar refractivity (Wildman–Crippen MR) is 70.5 cm³/mol. The van der Waals surface area contributed by atoms with Crippen molar-refractivity contribution in [2.75, 3.05) is 31.1 Å². The molecule has 1 saturated heterocycles. The van der Waals surface area contributed by atoms with Crippen molar-refractivity contribution in [3.05, 3.63) is 18.1 Å². The highest BCUT2D eigenvalue weighted by atomic mass is 16.2. The Morgan fingerprint density at radius 3 is 2.83 bits per heavy atom. The number of amides is 1. The van der Waals surface area contributed by atoms with Crippen LogP contribution >= 0.6 is 0 Å². The lowest BCUT2D eigenvalue weighted by atomic mass is 10.3. The summed E-state index contributed by atoms with van der Waals surface area (Å²) < 4.78 is 0. The third kappa shape index (κ3) is 2.97. The monoisotopic (exact) mass is 248 g/mol. The van der Waals surface area contributed by atoms with Crippen LogP contribution in [-0.4, -0.2) is 47.0 Å². The zero-order chi connectivity index (χ0) is 13.0. The van der Waals surface area contributed by atoms with Crippen molar-refractivity contribution < 1.29 is 4.79 Å². The Morgan fingerprint density at radius 2 is 2.11 bits per heavy atom. The summed E-state index contributed by atoms with van der Waals surface area (Å²) in [6.45, 7) is 7.32. The highest BCUT2D eigenvalue weighted by molar-refractivity contribution is 5.75. The molecule has 5 nitrogen and oxygen atoms in total. The van der Waals surface area contributed by atoms with Crippen molar-refractivity contribution in [1.29, 1.82) is 0 Å². The number of carbonyl (C=O) groups is 1. The van der Waals surface area contributed by atoms with Gasteiger partial charge in [0.15, 0.2) is 0 Å². The van der Waals surface area contributed by atoms with E-state index in [-0.39, 0.29) is 5.91 Å². The topological polar surface area (TPSA) is 49.3 Å². The number of aryl methyl sites for hydroxylation is 1. The summed E-state index contributed by atoms with van der Waals surface area (Å²) in [4.78, 5) is 24.3. The fourth-order valence-electron chi connectivity index (χ4n) is 2.23. The second-order valence-corrected chi connectivity index (χ2v) is 4.59. The standard InChI is InChI=1S/C13H20N4O/c1-3-13(18)17-6-4-5-16(7-8-17)12-9-11(2)14-10-15-12/h9-10H,3-8H2,1-2H3. The third-order valence-electron chi connectivity index (χ3n) is 3.26. The van der Waals surface area contributed by atoms with Crippen LogP contribution in [-0.2, 0) is 4.79 Å². The first-order valence-electron chi connectivity index (χ1n) is 6.52. The lowest BCUT2D eigenvalue weighted by molar-refractivity contribution is -0.130. The van der Waals surface area contributed by atoms with Gasteiger partial charge in [-0.2, -0.15) is 0 Å². The summed E-state index contributed by atoms with van der Waals surface area (Å²) in [5.74, 6) is 1.21. The molecule has 2 rings (SSSR count). The molecule has 1 fully saturated rings. The predicted octanol–water partition coefficient (Wildman–Crippen LogP) is 1.23. The van der Waals surface area contributed by atoms with Crippen LogP contribution in [0.1, 0.15) is 25.5 Å². The number of aromatic nitrogens is 2. The maximum absolute atomic E-state index is 11.7. The minimum atomic E-state index is 0.246. The maximum Gasteiger partial charge on any atom is 0.222 e. The molecule has 0 bridgehead atoms. The average molecular weight is 248 g/mol. The van der Waals surface area contributed by atoms with Crippen molar-refractivity contribution in [2.24, 2.45) is 0 Å². The van der Waals surface area contributed by atoms with E-state index in [4.69, 9.17) is 0 Å². The zero-order valence-corrected chi connectivity index (χ0v) is 11.1. The molecule has 1 amide bonds. The van der Waals surface area contributed by atoms with Crippen LogP contribution in [0.4, 0.5) is 5.82 Å². The molecule has 18 heavy (non-hydrogen) atoms. The summed E-state index contributed by atoms with van der Waals surface area (Å²) in [5.41, 5.74) is 0.978. The lowest BCUT2D eigenvalue weighted by Gasteiger charge is -2.22. The van der Waals surface area contributed by atoms with Gasteiger partial charge in [0.05, 0.1) is 0 Å². The van der Waals surface area contributed by atoms with Crippen LogP contribution in [0.5, 0.6) is 0 Å². The van der Waals surface area contributed by atoms with E-state index in [1.54, 1.807) is 6.33 Å². The van der Waals surface area contributed by atoms with Crippen molar-refractivity contribution in [3.63, 3.8) is 0 Å². The SMILES string of the molecule is CCC(=O)N1CCCN(c2cc(C)ncn2)CC1. The molecule has 1 aliphatic rings. The molecule has 1 aliphatic heterocycles. The molecule has 0 spiro atoms. The molecule has 0 unspecified atom stereocenters. The van der Waals surface area contributed by atoms with Gasteiger partial charge in [-0.05, 0) is 13.3 Å². The molecule has 5 heteroatoms. The first-order chi connectivity index (χ1) is 8.70. The highest BCUT2D eigenvalue weighted by Gasteiger charge is 2.18. The molecular formula is C13H20N4O. The zero-order valence-electron chi connectivity index (χ0n) is 11.1. The summed E-state index contributed by atoms with van der Waals surface area (Å²) in [6, 6.07) is 2.00. The summed E-state index contributed by atoms with van der Waals surface area (Å²) in [6.07, 6.45) is 3.19. The highest BCUT2D eigenvalue weighted by Crippen LogP contribution is 2.14. The molecule has 1 aromatic heterocycles. The van der Waals surface area contributed by atoms with E-state index in [0.29, 0.717) is 6.42 Å². The molecule has 0 aromatic carbocycles. The third-order valence-corrected chi connectivity index (χ3v) is 3.26. The molecule has 2 heterocycles. The maximum atomic E-state index is 11.7.